The molecule has 1 rings (SSSR count). The van der Waals surface area contributed by atoms with Crippen molar-refractivity contribution in [1.82, 2.24) is 0 Å². The minimum atomic E-state index is 0.0795. The Kier molecular flexibility index (Phi) is 5.34. The second-order valence-corrected chi connectivity index (χ2v) is 5.12. The van der Waals surface area contributed by atoms with Crippen molar-refractivity contribution in [3.63, 3.8) is 0 Å². The van der Waals surface area contributed by atoms with E-state index in [9.17, 15) is 0 Å². The molecule has 5 heteroatoms. The molecule has 1 aromatic carbocycles. The zero-order valence-corrected chi connectivity index (χ0v) is 12.2. The standard InChI is InChI=1S/C13H21N3OS/c1-9(8-18-4)16(2)12-7-10(17-3)5-6-11(12)13(14)15/h5-7,9H,8H2,1-4H3,(H3,14,15). The van der Waals surface area contributed by atoms with Gasteiger partial charge in [-0.25, -0.2) is 0 Å². The lowest BCUT2D eigenvalue weighted by atomic mass is 10.1. The van der Waals surface area contributed by atoms with Crippen molar-refractivity contribution in [2.75, 3.05) is 31.1 Å². The van der Waals surface area contributed by atoms with E-state index in [1.54, 1.807) is 18.9 Å². The first-order chi connectivity index (χ1) is 8.51. The second kappa shape index (κ2) is 6.54. The quantitative estimate of drug-likeness (QED) is 0.612. The maximum absolute atomic E-state index is 7.65. The van der Waals surface area contributed by atoms with E-state index in [1.807, 2.05) is 25.2 Å². The molecule has 3 N–H and O–H groups in total. The van der Waals surface area contributed by atoms with Crippen LogP contribution in [0.2, 0.25) is 0 Å². The van der Waals surface area contributed by atoms with Crippen LogP contribution in [-0.4, -0.2) is 38.0 Å². The summed E-state index contributed by atoms with van der Waals surface area (Å²) < 4.78 is 5.24. The van der Waals surface area contributed by atoms with Crippen LogP contribution in [0.25, 0.3) is 0 Å². The SMILES string of the molecule is COc1ccc(C(=N)N)c(N(C)C(C)CSC)c1. The van der Waals surface area contributed by atoms with Gasteiger partial charge in [0.15, 0.2) is 0 Å². The molecule has 0 bridgehead atoms. The largest absolute Gasteiger partial charge is 0.497 e. The van der Waals surface area contributed by atoms with Crippen molar-refractivity contribution in [3.8, 4) is 5.75 Å². The molecule has 1 atom stereocenters. The molecule has 0 saturated heterocycles. The Hall–Kier alpha value is -1.36. The van der Waals surface area contributed by atoms with Crippen molar-refractivity contribution in [1.29, 1.82) is 5.41 Å². The molecular formula is C13H21N3OS. The van der Waals surface area contributed by atoms with Gasteiger partial charge in [0.25, 0.3) is 0 Å². The van der Waals surface area contributed by atoms with Gasteiger partial charge in [-0.15, -0.1) is 0 Å². The molecular weight excluding hydrogens is 246 g/mol. The average molecular weight is 267 g/mol. The molecule has 0 amide bonds. The number of ether oxygens (including phenoxy) is 1. The summed E-state index contributed by atoms with van der Waals surface area (Å²) in [5, 5.41) is 7.65. The zero-order chi connectivity index (χ0) is 13.7. The van der Waals surface area contributed by atoms with Crippen LogP contribution in [0.4, 0.5) is 5.69 Å². The average Bonchev–Trinajstić information content (AvgIpc) is 2.37. The summed E-state index contributed by atoms with van der Waals surface area (Å²) in [6.07, 6.45) is 2.09. The van der Waals surface area contributed by atoms with Crippen LogP contribution < -0.4 is 15.4 Å². The smallest absolute Gasteiger partial charge is 0.124 e. The minimum Gasteiger partial charge on any atom is -0.497 e. The molecule has 100 valence electrons. The number of nitrogens with zero attached hydrogens (tertiary/aromatic N) is 1. The molecule has 0 radical (unpaired) electrons. The summed E-state index contributed by atoms with van der Waals surface area (Å²) in [6.45, 7) is 2.15. The Morgan fingerprint density at radius 1 is 1.56 bits per heavy atom. The number of hydrogen-bond donors (Lipinski definition) is 2. The highest BCUT2D eigenvalue weighted by molar-refractivity contribution is 7.98. The molecule has 0 saturated carbocycles. The van der Waals surface area contributed by atoms with Crippen LogP contribution in [0.15, 0.2) is 18.2 Å². The van der Waals surface area contributed by atoms with E-state index in [2.05, 4.69) is 18.1 Å². The van der Waals surface area contributed by atoms with E-state index >= 15 is 0 Å². The van der Waals surface area contributed by atoms with Crippen LogP contribution in [0.1, 0.15) is 12.5 Å². The third kappa shape index (κ3) is 3.32. The number of nitrogens with one attached hydrogen (secondary N) is 1. The molecule has 0 fully saturated rings. The van der Waals surface area contributed by atoms with Crippen molar-refractivity contribution >= 4 is 23.3 Å². The Bertz CT molecular complexity index is 423. The number of benzene rings is 1. The third-order valence-corrected chi connectivity index (χ3v) is 3.76. The number of hydrogen-bond acceptors (Lipinski definition) is 4. The molecule has 0 aliphatic rings. The molecule has 0 aliphatic heterocycles. The Morgan fingerprint density at radius 3 is 2.72 bits per heavy atom. The van der Waals surface area contributed by atoms with Gasteiger partial charge in [-0.3, -0.25) is 5.41 Å². The molecule has 0 aliphatic carbocycles. The highest BCUT2D eigenvalue weighted by Crippen LogP contribution is 2.27. The Morgan fingerprint density at radius 2 is 2.22 bits per heavy atom. The molecule has 1 aromatic rings. The second-order valence-electron chi connectivity index (χ2n) is 4.21. The fourth-order valence-electron chi connectivity index (χ4n) is 1.75. The highest BCUT2D eigenvalue weighted by atomic mass is 32.2. The van der Waals surface area contributed by atoms with Crippen LogP contribution in [0.3, 0.4) is 0 Å². The summed E-state index contributed by atoms with van der Waals surface area (Å²) in [5.41, 5.74) is 7.30. The fraction of sp³-hybridized carbons (Fsp3) is 0.462. The van der Waals surface area contributed by atoms with E-state index in [0.717, 1.165) is 22.8 Å². The molecule has 18 heavy (non-hydrogen) atoms. The van der Waals surface area contributed by atoms with Gasteiger partial charge in [0.1, 0.15) is 11.6 Å². The van der Waals surface area contributed by atoms with Gasteiger partial charge >= 0.3 is 0 Å². The number of rotatable bonds is 6. The molecule has 4 nitrogen and oxygen atoms in total. The van der Waals surface area contributed by atoms with Crippen molar-refractivity contribution in [3.05, 3.63) is 23.8 Å². The van der Waals surface area contributed by atoms with E-state index in [0.29, 0.717) is 6.04 Å². The molecule has 0 heterocycles. The number of thioether (sulfide) groups is 1. The summed E-state index contributed by atoms with van der Waals surface area (Å²) in [7, 11) is 3.65. The number of amidine groups is 1. The summed E-state index contributed by atoms with van der Waals surface area (Å²) in [4.78, 5) is 2.13. The van der Waals surface area contributed by atoms with Crippen LogP contribution in [0.5, 0.6) is 5.75 Å². The minimum absolute atomic E-state index is 0.0795. The normalized spacial score (nSPS) is 12.0. The van der Waals surface area contributed by atoms with Gasteiger partial charge < -0.3 is 15.4 Å². The predicted octanol–water partition coefficient (Wildman–Crippen LogP) is 2.17. The molecule has 0 aromatic heterocycles. The lowest BCUT2D eigenvalue weighted by molar-refractivity contribution is 0.414. The van der Waals surface area contributed by atoms with Crippen LogP contribution in [-0.2, 0) is 0 Å². The monoisotopic (exact) mass is 267 g/mol. The lowest BCUT2D eigenvalue weighted by Gasteiger charge is -2.28. The van der Waals surface area contributed by atoms with Gasteiger partial charge in [0.05, 0.1) is 12.8 Å². The summed E-state index contributed by atoms with van der Waals surface area (Å²) in [6, 6.07) is 5.95. The topological polar surface area (TPSA) is 62.3 Å². The van der Waals surface area contributed by atoms with Gasteiger partial charge in [-0.2, -0.15) is 11.8 Å². The van der Waals surface area contributed by atoms with Crippen LogP contribution >= 0.6 is 11.8 Å². The van der Waals surface area contributed by atoms with Gasteiger partial charge in [-0.05, 0) is 25.3 Å². The molecule has 0 spiro atoms. The maximum atomic E-state index is 7.65. The van der Waals surface area contributed by atoms with Gasteiger partial charge in [0.2, 0.25) is 0 Å². The van der Waals surface area contributed by atoms with E-state index in [4.69, 9.17) is 15.9 Å². The number of methoxy groups -OCH3 is 1. The Labute approximate surface area is 113 Å². The van der Waals surface area contributed by atoms with Gasteiger partial charge in [0, 0.05) is 30.5 Å². The van der Waals surface area contributed by atoms with Crippen molar-refractivity contribution < 1.29 is 4.74 Å². The van der Waals surface area contributed by atoms with Crippen molar-refractivity contribution in [2.24, 2.45) is 5.73 Å². The highest BCUT2D eigenvalue weighted by Gasteiger charge is 2.15. The first-order valence-corrected chi connectivity index (χ1v) is 7.14. The van der Waals surface area contributed by atoms with Gasteiger partial charge in [-0.1, -0.05) is 0 Å². The summed E-state index contributed by atoms with van der Waals surface area (Å²) >= 11 is 1.80. The zero-order valence-electron chi connectivity index (χ0n) is 11.4. The summed E-state index contributed by atoms with van der Waals surface area (Å²) in [5.74, 6) is 1.87. The number of anilines is 1. The first-order valence-electron chi connectivity index (χ1n) is 5.75. The van der Waals surface area contributed by atoms with E-state index < -0.39 is 0 Å². The fourth-order valence-corrected chi connectivity index (χ4v) is 2.45. The van der Waals surface area contributed by atoms with E-state index in [1.165, 1.54) is 0 Å². The van der Waals surface area contributed by atoms with E-state index in [-0.39, 0.29) is 5.84 Å². The van der Waals surface area contributed by atoms with Crippen molar-refractivity contribution in [2.45, 2.75) is 13.0 Å². The third-order valence-electron chi connectivity index (χ3n) is 2.94. The number of nitrogens with two attached hydrogens (primary N) is 1. The molecule has 1 unspecified atom stereocenters. The van der Waals surface area contributed by atoms with Crippen LogP contribution in [0, 0.1) is 5.41 Å². The Balaban J connectivity index is 3.14. The predicted molar refractivity (Wildman–Crippen MR) is 80.3 cm³/mol. The maximum Gasteiger partial charge on any atom is 0.124 e. The number of nitrogen functional groups attached to an aromatic ring is 1. The first kappa shape index (κ1) is 14.7. The lowest BCUT2D eigenvalue weighted by Crippen LogP contribution is -2.32.